The maximum Gasteiger partial charge on any atom is 0.416 e. The number of hydrogen-bond donors (Lipinski definition) is 0. The number of likely N-dealkylation sites (N-methyl/N-ethyl adjacent to an activating group) is 1. The Morgan fingerprint density at radius 1 is 1.20 bits per heavy atom. The van der Waals surface area contributed by atoms with Crippen molar-refractivity contribution in [1.29, 1.82) is 5.26 Å². The van der Waals surface area contributed by atoms with Crippen molar-refractivity contribution in [3.63, 3.8) is 0 Å². The first-order valence-corrected chi connectivity index (χ1v) is 12.3. The summed E-state index contributed by atoms with van der Waals surface area (Å²) in [4.78, 5) is 20.1. The Hall–Kier alpha value is -3.25. The quantitative estimate of drug-likeness (QED) is 0.246. The van der Waals surface area contributed by atoms with Crippen LogP contribution >= 0.6 is 11.8 Å². The topological polar surface area (TPSA) is 65.7 Å². The Bertz CT molecular complexity index is 1170. The molecule has 0 amide bonds. The van der Waals surface area contributed by atoms with Gasteiger partial charge in [-0.05, 0) is 50.6 Å². The highest BCUT2D eigenvalue weighted by molar-refractivity contribution is 8.13. The number of rotatable bonds is 7. The second-order valence-corrected chi connectivity index (χ2v) is 8.99. The molecule has 1 heterocycles. The summed E-state index contributed by atoms with van der Waals surface area (Å²) in [5.74, 6) is -0.0988. The number of hydrogen-bond acceptors (Lipinski definition) is 6. The van der Waals surface area contributed by atoms with Crippen molar-refractivity contribution < 1.29 is 22.7 Å². The molecule has 0 aliphatic carbocycles. The molecule has 0 N–H and O–H groups in total. The zero-order chi connectivity index (χ0) is 25.6. The maximum atomic E-state index is 13.4. The lowest BCUT2D eigenvalue weighted by molar-refractivity contribution is -0.138. The van der Waals surface area contributed by atoms with Gasteiger partial charge in [-0.15, -0.1) is 0 Å². The van der Waals surface area contributed by atoms with E-state index < -0.39 is 23.8 Å². The van der Waals surface area contributed by atoms with E-state index in [0.717, 1.165) is 35.9 Å². The molecule has 0 radical (unpaired) electrons. The number of esters is 1. The summed E-state index contributed by atoms with van der Waals surface area (Å²) in [5.41, 5.74) is 0.819. The van der Waals surface area contributed by atoms with Gasteiger partial charge in [0.15, 0.2) is 5.17 Å². The average Bonchev–Trinajstić information content (AvgIpc) is 2.83. The number of alkyl halides is 3. The van der Waals surface area contributed by atoms with E-state index in [1.165, 1.54) is 12.1 Å². The van der Waals surface area contributed by atoms with Crippen molar-refractivity contribution in [2.75, 3.05) is 12.3 Å². The Morgan fingerprint density at radius 3 is 2.51 bits per heavy atom. The average molecular weight is 502 g/mol. The molecule has 2 aromatic rings. The zero-order valence-corrected chi connectivity index (χ0v) is 20.5. The van der Waals surface area contributed by atoms with Crippen LogP contribution in [0.5, 0.6) is 5.75 Å². The third kappa shape index (κ3) is 6.25. The molecule has 0 saturated heterocycles. The molecule has 9 heteroatoms. The molecule has 1 aliphatic heterocycles. The summed E-state index contributed by atoms with van der Waals surface area (Å²) in [5, 5.41) is 9.91. The molecule has 0 fully saturated rings. The second kappa shape index (κ2) is 11.5. The van der Waals surface area contributed by atoms with Crippen molar-refractivity contribution in [3.8, 4) is 11.8 Å². The Kier molecular flexibility index (Phi) is 8.62. The van der Waals surface area contributed by atoms with Crippen LogP contribution in [-0.2, 0) is 11.0 Å². The number of unbranched alkanes of at least 4 members (excludes halogenated alkanes) is 1. The van der Waals surface area contributed by atoms with Crippen LogP contribution in [0.3, 0.4) is 0 Å². The van der Waals surface area contributed by atoms with Gasteiger partial charge in [-0.1, -0.05) is 43.3 Å². The number of nitriles is 1. The van der Waals surface area contributed by atoms with Crippen LogP contribution in [-0.4, -0.2) is 34.4 Å². The smallest absolute Gasteiger partial charge is 0.416 e. The van der Waals surface area contributed by atoms with Crippen LogP contribution in [0.15, 0.2) is 59.1 Å². The van der Waals surface area contributed by atoms with Crippen molar-refractivity contribution in [2.45, 2.75) is 45.8 Å². The highest BCUT2D eigenvalue weighted by atomic mass is 32.2. The van der Waals surface area contributed by atoms with Crippen LogP contribution < -0.4 is 4.74 Å². The summed E-state index contributed by atoms with van der Waals surface area (Å²) < 4.78 is 44.8. The van der Waals surface area contributed by atoms with Crippen LogP contribution in [0.1, 0.15) is 50.3 Å². The SMILES string of the molecule is CCCCSC1=NC(c2ccc(C#N)cc2)=C(C(=O)Oc2cccc(C(F)(F)F)c2)C(C)N1CC. The summed E-state index contributed by atoms with van der Waals surface area (Å²) in [6.45, 7) is 6.49. The Balaban J connectivity index is 2.07. The van der Waals surface area contributed by atoms with E-state index >= 15 is 0 Å². The highest BCUT2D eigenvalue weighted by Crippen LogP contribution is 2.35. The van der Waals surface area contributed by atoms with Gasteiger partial charge in [-0.25, -0.2) is 9.79 Å². The van der Waals surface area contributed by atoms with Crippen molar-refractivity contribution in [1.82, 2.24) is 4.90 Å². The maximum absolute atomic E-state index is 13.4. The van der Waals surface area contributed by atoms with Gasteiger partial charge in [-0.2, -0.15) is 18.4 Å². The predicted octanol–water partition coefficient (Wildman–Crippen LogP) is 6.51. The van der Waals surface area contributed by atoms with E-state index in [-0.39, 0.29) is 11.3 Å². The lowest BCUT2D eigenvalue weighted by Crippen LogP contribution is -2.43. The molecule has 1 aliphatic rings. The van der Waals surface area contributed by atoms with Gasteiger partial charge >= 0.3 is 12.1 Å². The molecule has 1 unspecified atom stereocenters. The van der Waals surface area contributed by atoms with Crippen LogP contribution in [0, 0.1) is 11.3 Å². The molecule has 35 heavy (non-hydrogen) atoms. The largest absolute Gasteiger partial charge is 0.423 e. The minimum absolute atomic E-state index is 0.196. The fraction of sp³-hybridized carbons (Fsp3) is 0.346. The van der Waals surface area contributed by atoms with Crippen molar-refractivity contribution in [3.05, 3.63) is 70.8 Å². The van der Waals surface area contributed by atoms with E-state index in [1.807, 2.05) is 18.7 Å². The molecule has 3 rings (SSSR count). The predicted molar refractivity (Wildman–Crippen MR) is 132 cm³/mol. The summed E-state index contributed by atoms with van der Waals surface area (Å²) >= 11 is 1.60. The van der Waals surface area contributed by atoms with Crippen LogP contribution in [0.2, 0.25) is 0 Å². The van der Waals surface area contributed by atoms with Gasteiger partial charge in [-0.3, -0.25) is 0 Å². The fourth-order valence-electron chi connectivity index (χ4n) is 3.66. The first-order chi connectivity index (χ1) is 16.7. The lowest BCUT2D eigenvalue weighted by Gasteiger charge is -2.36. The van der Waals surface area contributed by atoms with E-state index in [9.17, 15) is 18.0 Å². The summed E-state index contributed by atoms with van der Waals surface area (Å²) in [7, 11) is 0. The lowest BCUT2D eigenvalue weighted by atomic mass is 9.98. The fourth-order valence-corrected chi connectivity index (χ4v) is 4.88. The Labute approximate surface area is 207 Å². The molecule has 0 saturated carbocycles. The molecule has 0 aromatic heterocycles. The van der Waals surface area contributed by atoms with Gasteiger partial charge in [0.2, 0.25) is 0 Å². The van der Waals surface area contributed by atoms with Gasteiger partial charge in [0.25, 0.3) is 0 Å². The number of thioether (sulfide) groups is 1. The molecule has 0 spiro atoms. The first-order valence-electron chi connectivity index (χ1n) is 11.3. The number of halogens is 3. The van der Waals surface area contributed by atoms with Crippen LogP contribution in [0.25, 0.3) is 5.70 Å². The number of aliphatic imine (C=N–C) groups is 1. The second-order valence-electron chi connectivity index (χ2n) is 7.92. The highest BCUT2D eigenvalue weighted by Gasteiger charge is 2.35. The van der Waals surface area contributed by atoms with Gasteiger partial charge in [0.05, 0.1) is 34.5 Å². The van der Waals surface area contributed by atoms with Gasteiger partial charge in [0, 0.05) is 17.9 Å². The van der Waals surface area contributed by atoms with Crippen molar-refractivity contribution in [2.24, 2.45) is 4.99 Å². The number of amidine groups is 1. The minimum Gasteiger partial charge on any atom is -0.423 e. The molecular formula is C26H26F3N3O2S. The third-order valence-corrected chi connectivity index (χ3v) is 6.62. The van der Waals surface area contributed by atoms with Gasteiger partial charge < -0.3 is 9.64 Å². The van der Waals surface area contributed by atoms with E-state index in [2.05, 4.69) is 13.0 Å². The van der Waals surface area contributed by atoms with Crippen molar-refractivity contribution >= 4 is 28.6 Å². The molecule has 2 aromatic carbocycles. The zero-order valence-electron chi connectivity index (χ0n) is 19.7. The number of carbonyl (C=O) groups is 1. The monoisotopic (exact) mass is 501 g/mol. The number of benzene rings is 2. The Morgan fingerprint density at radius 2 is 1.91 bits per heavy atom. The van der Waals surface area contributed by atoms with E-state index in [4.69, 9.17) is 15.0 Å². The van der Waals surface area contributed by atoms with Gasteiger partial charge in [0.1, 0.15) is 5.75 Å². The summed E-state index contributed by atoms with van der Waals surface area (Å²) in [6.07, 6.45) is -2.51. The first kappa shape index (κ1) is 26.4. The molecular weight excluding hydrogens is 475 g/mol. The molecule has 184 valence electrons. The standard InChI is InChI=1S/C26H26F3N3O2S/c1-4-6-14-35-25-31-23(19-12-10-18(16-30)11-13-19)22(17(3)32(25)5-2)24(33)34-21-9-7-8-20(15-21)26(27,28)29/h7-13,15,17H,4-6,14H2,1-3H3. The number of ether oxygens (including phenoxy) is 1. The van der Waals surface area contributed by atoms with E-state index in [1.54, 1.807) is 36.0 Å². The van der Waals surface area contributed by atoms with E-state index in [0.29, 0.717) is 23.4 Å². The minimum atomic E-state index is -4.55. The van der Waals surface area contributed by atoms with Crippen LogP contribution in [0.4, 0.5) is 13.2 Å². The normalized spacial score (nSPS) is 16.1. The number of carbonyl (C=O) groups excluding carboxylic acids is 1. The molecule has 0 bridgehead atoms. The summed E-state index contributed by atoms with van der Waals surface area (Å²) in [6, 6.07) is 12.6. The number of nitrogens with zero attached hydrogens (tertiary/aromatic N) is 3. The molecule has 1 atom stereocenters. The molecule has 5 nitrogen and oxygen atoms in total. The third-order valence-electron chi connectivity index (χ3n) is 5.54.